The third-order valence-corrected chi connectivity index (χ3v) is 8.25. The van der Waals surface area contributed by atoms with Gasteiger partial charge in [0.1, 0.15) is 13.2 Å². The molecule has 1 aromatic heterocycles. The Kier molecular flexibility index (Phi) is 5.62. The van der Waals surface area contributed by atoms with Crippen molar-refractivity contribution in [1.29, 1.82) is 0 Å². The Morgan fingerprint density at radius 1 is 1.00 bits per heavy atom. The van der Waals surface area contributed by atoms with Gasteiger partial charge in [-0.25, -0.2) is 13.4 Å². The highest BCUT2D eigenvalue weighted by Gasteiger charge is 2.26. The summed E-state index contributed by atoms with van der Waals surface area (Å²) in [6.45, 7) is 2.09. The van der Waals surface area contributed by atoms with Gasteiger partial charge < -0.3 is 9.47 Å². The maximum atomic E-state index is 12.7. The number of anilines is 1. The van der Waals surface area contributed by atoms with Crippen molar-refractivity contribution < 1.29 is 22.7 Å². The van der Waals surface area contributed by atoms with E-state index in [9.17, 15) is 13.2 Å². The third-order valence-electron chi connectivity index (χ3n) is 5.40. The minimum atomic E-state index is -3.52. The van der Waals surface area contributed by atoms with Crippen LogP contribution in [0, 0.1) is 0 Å². The molecule has 2 aliphatic heterocycles. The van der Waals surface area contributed by atoms with E-state index in [1.807, 2.05) is 12.1 Å². The molecule has 0 bridgehead atoms. The molecule has 2 aromatic carbocycles. The van der Waals surface area contributed by atoms with Crippen LogP contribution in [-0.4, -0.2) is 49.9 Å². The molecule has 1 fully saturated rings. The average Bonchev–Trinajstić information content (AvgIpc) is 3.23. The number of hydrogen-bond acceptors (Lipinski definition) is 8. The molecule has 2 N–H and O–H groups in total. The number of benzene rings is 2. The van der Waals surface area contributed by atoms with Crippen LogP contribution < -0.4 is 20.3 Å². The van der Waals surface area contributed by atoms with Crippen LogP contribution in [0.4, 0.5) is 5.13 Å². The fraction of sp³-hybridized carbons (Fsp3) is 0.333. The van der Waals surface area contributed by atoms with Gasteiger partial charge in [-0.15, -0.1) is 0 Å². The molecule has 0 saturated carbocycles. The quantitative estimate of drug-likeness (QED) is 0.547. The number of hydrogen-bond donors (Lipinski definition) is 2. The van der Waals surface area contributed by atoms with Crippen LogP contribution in [0.25, 0.3) is 10.2 Å². The van der Waals surface area contributed by atoms with Gasteiger partial charge in [0.25, 0.3) is 5.91 Å². The molecule has 5 rings (SSSR count). The van der Waals surface area contributed by atoms with E-state index in [4.69, 9.17) is 9.47 Å². The largest absolute Gasteiger partial charge is 0.486 e. The van der Waals surface area contributed by atoms with Crippen molar-refractivity contribution >= 4 is 42.6 Å². The summed E-state index contributed by atoms with van der Waals surface area (Å²) < 4.78 is 39.1. The van der Waals surface area contributed by atoms with E-state index < -0.39 is 15.9 Å². The normalized spacial score (nSPS) is 16.6. The molecule has 0 aliphatic carbocycles. The van der Waals surface area contributed by atoms with Gasteiger partial charge in [0.05, 0.1) is 15.1 Å². The molecule has 0 atom stereocenters. The lowest BCUT2D eigenvalue weighted by Gasteiger charge is -2.25. The summed E-state index contributed by atoms with van der Waals surface area (Å²) in [5, 5.41) is 0.514. The summed E-state index contributed by atoms with van der Waals surface area (Å²) in [7, 11) is -3.52. The monoisotopic (exact) mass is 474 g/mol. The lowest BCUT2D eigenvalue weighted by atomic mass is 10.2. The number of carbonyl (C=O) groups is 1. The number of hydrazine groups is 1. The summed E-state index contributed by atoms with van der Waals surface area (Å²) in [4.78, 5) is 17.2. The molecular weight excluding hydrogens is 452 g/mol. The summed E-state index contributed by atoms with van der Waals surface area (Å²) >= 11 is 1.37. The minimum Gasteiger partial charge on any atom is -0.486 e. The van der Waals surface area contributed by atoms with E-state index in [1.165, 1.54) is 39.9 Å². The number of amides is 1. The van der Waals surface area contributed by atoms with Crippen LogP contribution in [0.15, 0.2) is 41.3 Å². The van der Waals surface area contributed by atoms with Gasteiger partial charge in [-0.3, -0.25) is 15.6 Å². The number of aromatic nitrogens is 1. The maximum absolute atomic E-state index is 12.7. The first-order valence-electron chi connectivity index (χ1n) is 10.4. The van der Waals surface area contributed by atoms with Crippen molar-refractivity contribution in [3.63, 3.8) is 0 Å². The number of rotatable bonds is 5. The number of carbonyl (C=O) groups excluding carboxylic acids is 1. The molecule has 168 valence electrons. The second-order valence-corrected chi connectivity index (χ2v) is 10.5. The van der Waals surface area contributed by atoms with Crippen LogP contribution in [-0.2, 0) is 10.0 Å². The Labute approximate surface area is 189 Å². The van der Waals surface area contributed by atoms with E-state index in [0.717, 1.165) is 29.5 Å². The zero-order valence-electron chi connectivity index (χ0n) is 17.2. The van der Waals surface area contributed by atoms with Crippen molar-refractivity contribution in [1.82, 2.24) is 14.7 Å². The predicted molar refractivity (Wildman–Crippen MR) is 121 cm³/mol. The molecule has 0 radical (unpaired) electrons. The second-order valence-electron chi connectivity index (χ2n) is 7.55. The number of fused-ring (bicyclic) bond motifs is 2. The average molecular weight is 475 g/mol. The minimum absolute atomic E-state index is 0.198. The fourth-order valence-electron chi connectivity index (χ4n) is 3.73. The molecule has 0 spiro atoms. The van der Waals surface area contributed by atoms with Gasteiger partial charge in [0, 0.05) is 30.8 Å². The zero-order valence-corrected chi connectivity index (χ0v) is 18.8. The molecule has 11 heteroatoms. The molecule has 32 heavy (non-hydrogen) atoms. The first kappa shape index (κ1) is 21.0. The Bertz CT molecular complexity index is 1210. The van der Waals surface area contributed by atoms with Crippen molar-refractivity contribution in [3.05, 3.63) is 42.0 Å². The van der Waals surface area contributed by atoms with Gasteiger partial charge in [-0.2, -0.15) is 4.31 Å². The first-order chi connectivity index (χ1) is 15.5. The number of ether oxygens (including phenoxy) is 2. The molecular formula is C21H22N4O5S2. The number of piperidine rings is 1. The smallest absolute Gasteiger partial charge is 0.269 e. The fourth-order valence-corrected chi connectivity index (χ4v) is 6.08. The summed E-state index contributed by atoms with van der Waals surface area (Å²) in [5.41, 5.74) is 6.50. The molecule has 9 nitrogen and oxygen atoms in total. The highest BCUT2D eigenvalue weighted by molar-refractivity contribution is 7.89. The molecule has 1 saturated heterocycles. The van der Waals surface area contributed by atoms with E-state index in [0.29, 0.717) is 48.5 Å². The summed E-state index contributed by atoms with van der Waals surface area (Å²) in [5.74, 6) is 0.948. The van der Waals surface area contributed by atoms with Crippen molar-refractivity contribution in [2.24, 2.45) is 0 Å². The topological polar surface area (TPSA) is 110 Å². The number of sulfonamides is 1. The van der Waals surface area contributed by atoms with Gasteiger partial charge in [-0.05, 0) is 37.1 Å². The summed E-state index contributed by atoms with van der Waals surface area (Å²) in [6, 6.07) is 9.65. The van der Waals surface area contributed by atoms with Crippen molar-refractivity contribution in [2.75, 3.05) is 31.7 Å². The van der Waals surface area contributed by atoms with E-state index in [1.54, 1.807) is 0 Å². The predicted octanol–water partition coefficient (Wildman–Crippen LogP) is 3.00. The Balaban J connectivity index is 1.25. The molecule has 3 aromatic rings. The van der Waals surface area contributed by atoms with Crippen LogP contribution in [0.2, 0.25) is 0 Å². The standard InChI is InChI=1S/C21H22N4O5S2/c26-20(14-4-6-15(7-5-14)32(27,28)25-8-2-1-3-9-25)23-24-21-22-16-12-17-18(13-19(16)31-21)30-11-10-29-17/h4-7,12-13H,1-3,8-11H2,(H,22,24)(H,23,26). The lowest BCUT2D eigenvalue weighted by molar-refractivity contribution is 0.0962. The molecule has 2 aliphatic rings. The van der Waals surface area contributed by atoms with Crippen molar-refractivity contribution in [2.45, 2.75) is 24.2 Å². The number of nitrogens with one attached hydrogen (secondary N) is 2. The molecule has 0 unspecified atom stereocenters. The molecule has 3 heterocycles. The first-order valence-corrected chi connectivity index (χ1v) is 12.6. The highest BCUT2D eigenvalue weighted by atomic mass is 32.2. The number of thiazole rings is 1. The third kappa shape index (κ3) is 4.10. The number of nitrogens with zero attached hydrogens (tertiary/aromatic N) is 2. The van der Waals surface area contributed by atoms with Crippen LogP contribution in [0.3, 0.4) is 0 Å². The Hall–Kier alpha value is -2.89. The Morgan fingerprint density at radius 3 is 2.41 bits per heavy atom. The van der Waals surface area contributed by atoms with Crippen LogP contribution in [0.5, 0.6) is 11.5 Å². The van der Waals surface area contributed by atoms with Gasteiger partial charge in [0.2, 0.25) is 15.2 Å². The van der Waals surface area contributed by atoms with Gasteiger partial charge >= 0.3 is 0 Å². The lowest BCUT2D eigenvalue weighted by Crippen LogP contribution is -2.35. The zero-order chi connectivity index (χ0) is 22.1. The van der Waals surface area contributed by atoms with Gasteiger partial charge in [-0.1, -0.05) is 17.8 Å². The van der Waals surface area contributed by atoms with E-state index in [2.05, 4.69) is 15.8 Å². The van der Waals surface area contributed by atoms with Gasteiger partial charge in [0.15, 0.2) is 11.5 Å². The Morgan fingerprint density at radius 2 is 1.69 bits per heavy atom. The SMILES string of the molecule is O=C(NNc1nc2cc3c(cc2s1)OCCO3)c1ccc(S(=O)(=O)N2CCCCC2)cc1. The van der Waals surface area contributed by atoms with Crippen molar-refractivity contribution in [3.8, 4) is 11.5 Å². The molecule has 1 amide bonds. The maximum Gasteiger partial charge on any atom is 0.269 e. The highest BCUT2D eigenvalue weighted by Crippen LogP contribution is 2.37. The second kappa shape index (κ2) is 8.57. The van der Waals surface area contributed by atoms with E-state index in [-0.39, 0.29) is 4.90 Å². The van der Waals surface area contributed by atoms with Crippen LogP contribution in [0.1, 0.15) is 29.6 Å². The van der Waals surface area contributed by atoms with Crippen LogP contribution >= 0.6 is 11.3 Å². The summed E-state index contributed by atoms with van der Waals surface area (Å²) in [6.07, 6.45) is 2.80. The van der Waals surface area contributed by atoms with E-state index >= 15 is 0 Å².